The number of thiocarbonyl (C=S) groups is 1. The molecule has 0 fully saturated rings. The van der Waals surface area contributed by atoms with Crippen LogP contribution in [0.25, 0.3) is 0 Å². The van der Waals surface area contributed by atoms with E-state index >= 15 is 0 Å². The second kappa shape index (κ2) is 5.73. The Labute approximate surface area is 125 Å². The van der Waals surface area contributed by atoms with Gasteiger partial charge in [0.1, 0.15) is 16.5 Å². The number of halogens is 3. The maximum atomic E-state index is 13.0. The summed E-state index contributed by atoms with van der Waals surface area (Å²) in [6, 6.07) is 10.1. The van der Waals surface area contributed by atoms with Gasteiger partial charge in [-0.1, -0.05) is 36.5 Å². The first kappa shape index (κ1) is 15.3. The van der Waals surface area contributed by atoms with Crippen LogP contribution in [0.1, 0.15) is 16.7 Å². The second-order valence-electron chi connectivity index (χ2n) is 4.41. The molecule has 0 saturated carbocycles. The second-order valence-corrected chi connectivity index (χ2v) is 4.85. The Bertz CT molecular complexity index is 683. The minimum absolute atomic E-state index is 0.0678. The van der Waals surface area contributed by atoms with E-state index in [0.29, 0.717) is 11.1 Å². The van der Waals surface area contributed by atoms with E-state index in [4.69, 9.17) is 22.7 Å². The van der Waals surface area contributed by atoms with Crippen LogP contribution in [0.2, 0.25) is 0 Å². The van der Waals surface area contributed by atoms with E-state index in [0.717, 1.165) is 6.07 Å². The molecule has 0 radical (unpaired) electrons. The summed E-state index contributed by atoms with van der Waals surface area (Å²) in [5, 5.41) is 0. The van der Waals surface area contributed by atoms with Gasteiger partial charge in [0.2, 0.25) is 0 Å². The summed E-state index contributed by atoms with van der Waals surface area (Å²) in [4.78, 5) is 0.0678. The molecule has 0 amide bonds. The minimum Gasteiger partial charge on any atom is -0.456 e. The van der Waals surface area contributed by atoms with Crippen molar-refractivity contribution in [2.75, 3.05) is 0 Å². The quantitative estimate of drug-likeness (QED) is 0.851. The Morgan fingerprint density at radius 2 is 1.76 bits per heavy atom. The Morgan fingerprint density at radius 1 is 1.10 bits per heavy atom. The van der Waals surface area contributed by atoms with Crippen molar-refractivity contribution in [1.29, 1.82) is 0 Å². The predicted molar refractivity (Wildman–Crippen MR) is 78.6 cm³/mol. The number of alkyl halides is 3. The molecule has 0 spiro atoms. The zero-order chi connectivity index (χ0) is 15.6. The molecule has 0 heterocycles. The van der Waals surface area contributed by atoms with E-state index in [1.54, 1.807) is 25.1 Å². The number of hydrogen-bond donors (Lipinski definition) is 1. The summed E-state index contributed by atoms with van der Waals surface area (Å²) in [5.74, 6) is -0.0431. The van der Waals surface area contributed by atoms with Crippen molar-refractivity contribution in [3.8, 4) is 11.5 Å². The molecule has 2 aromatic carbocycles. The molecule has 2 nitrogen and oxygen atoms in total. The van der Waals surface area contributed by atoms with Gasteiger partial charge >= 0.3 is 6.18 Å². The van der Waals surface area contributed by atoms with Crippen LogP contribution in [-0.2, 0) is 6.18 Å². The summed E-state index contributed by atoms with van der Waals surface area (Å²) in [6.45, 7) is 1.72. The summed E-state index contributed by atoms with van der Waals surface area (Å²) in [5.41, 5.74) is 5.80. The van der Waals surface area contributed by atoms with Gasteiger partial charge in [-0.25, -0.2) is 0 Å². The van der Waals surface area contributed by atoms with Crippen molar-refractivity contribution in [3.05, 3.63) is 59.2 Å². The number of ether oxygens (including phenoxy) is 1. The molecule has 2 rings (SSSR count). The zero-order valence-corrected chi connectivity index (χ0v) is 11.9. The molecule has 6 heteroatoms. The fourth-order valence-corrected chi connectivity index (χ4v) is 2.04. The number of benzene rings is 2. The van der Waals surface area contributed by atoms with Crippen molar-refractivity contribution < 1.29 is 17.9 Å². The average molecular weight is 311 g/mol. The lowest BCUT2D eigenvalue weighted by atomic mass is 10.1. The largest absolute Gasteiger partial charge is 0.456 e. The van der Waals surface area contributed by atoms with Crippen LogP contribution >= 0.6 is 12.2 Å². The third kappa shape index (κ3) is 3.33. The molecule has 0 aromatic heterocycles. The number of nitrogens with two attached hydrogens (primary N) is 1. The molecule has 2 aromatic rings. The van der Waals surface area contributed by atoms with Gasteiger partial charge in [-0.2, -0.15) is 13.2 Å². The van der Waals surface area contributed by atoms with Crippen molar-refractivity contribution in [2.24, 2.45) is 5.73 Å². The van der Waals surface area contributed by atoms with Crippen molar-refractivity contribution >= 4 is 17.2 Å². The first-order valence-corrected chi connectivity index (χ1v) is 6.45. The highest BCUT2D eigenvalue weighted by Gasteiger charge is 2.34. The van der Waals surface area contributed by atoms with Crippen LogP contribution in [0.15, 0.2) is 42.5 Å². The molecule has 0 unspecified atom stereocenters. The van der Waals surface area contributed by atoms with Gasteiger partial charge in [-0.3, -0.25) is 0 Å². The van der Waals surface area contributed by atoms with E-state index in [-0.39, 0.29) is 16.5 Å². The van der Waals surface area contributed by atoms with E-state index in [2.05, 4.69) is 0 Å². The fourth-order valence-electron chi connectivity index (χ4n) is 1.88. The normalized spacial score (nSPS) is 11.2. The van der Waals surface area contributed by atoms with E-state index < -0.39 is 11.7 Å². The molecular formula is C15H12F3NOS. The lowest BCUT2D eigenvalue weighted by Gasteiger charge is -2.17. The van der Waals surface area contributed by atoms with Crippen molar-refractivity contribution in [3.63, 3.8) is 0 Å². The van der Waals surface area contributed by atoms with Crippen LogP contribution in [0.5, 0.6) is 11.5 Å². The van der Waals surface area contributed by atoms with Gasteiger partial charge in [0.25, 0.3) is 0 Å². The molecule has 21 heavy (non-hydrogen) atoms. The summed E-state index contributed by atoms with van der Waals surface area (Å²) in [6.07, 6.45) is -4.50. The smallest absolute Gasteiger partial charge is 0.419 e. The fraction of sp³-hybridized carbons (Fsp3) is 0.133. The summed E-state index contributed by atoms with van der Waals surface area (Å²) >= 11 is 4.91. The summed E-state index contributed by atoms with van der Waals surface area (Å²) in [7, 11) is 0. The highest BCUT2D eigenvalue weighted by atomic mass is 32.1. The van der Waals surface area contributed by atoms with E-state index in [1.165, 1.54) is 18.2 Å². The highest BCUT2D eigenvalue weighted by molar-refractivity contribution is 7.80. The van der Waals surface area contributed by atoms with Crippen molar-refractivity contribution in [1.82, 2.24) is 0 Å². The molecule has 2 N–H and O–H groups in total. The van der Waals surface area contributed by atoms with Crippen LogP contribution in [-0.4, -0.2) is 4.99 Å². The molecule has 0 saturated heterocycles. The van der Waals surface area contributed by atoms with Crippen LogP contribution in [0.4, 0.5) is 13.2 Å². The van der Waals surface area contributed by atoms with Gasteiger partial charge in [-0.15, -0.1) is 0 Å². The molecule has 0 aliphatic heterocycles. The molecule has 110 valence electrons. The number of rotatable bonds is 3. The van der Waals surface area contributed by atoms with Gasteiger partial charge in [-0.05, 0) is 30.7 Å². The van der Waals surface area contributed by atoms with Gasteiger partial charge < -0.3 is 10.5 Å². The molecule has 0 atom stereocenters. The molecule has 0 aliphatic rings. The monoisotopic (exact) mass is 311 g/mol. The van der Waals surface area contributed by atoms with Crippen LogP contribution in [0, 0.1) is 6.92 Å². The third-order valence-corrected chi connectivity index (χ3v) is 3.10. The van der Waals surface area contributed by atoms with Gasteiger partial charge in [0.05, 0.1) is 11.1 Å². The lowest BCUT2D eigenvalue weighted by Crippen LogP contribution is -2.12. The number of hydrogen-bond acceptors (Lipinski definition) is 2. The maximum Gasteiger partial charge on any atom is 0.419 e. The Hall–Kier alpha value is -2.08. The topological polar surface area (TPSA) is 35.2 Å². The summed E-state index contributed by atoms with van der Waals surface area (Å²) < 4.78 is 44.4. The Morgan fingerprint density at radius 3 is 2.38 bits per heavy atom. The lowest BCUT2D eigenvalue weighted by molar-refractivity contribution is -0.138. The minimum atomic E-state index is -4.50. The standard InChI is InChI=1S/C15H12F3NOS/c1-9-5-4-6-10(14(19)21)13(9)20-12-8-3-2-7-11(12)15(16,17)18/h2-8H,1H3,(H2,19,21). The first-order valence-electron chi connectivity index (χ1n) is 6.04. The molecule has 0 aliphatic carbocycles. The molecule has 0 bridgehead atoms. The van der Waals surface area contributed by atoms with Crippen LogP contribution < -0.4 is 10.5 Å². The van der Waals surface area contributed by atoms with E-state index in [9.17, 15) is 13.2 Å². The maximum absolute atomic E-state index is 13.0. The molecular weight excluding hydrogens is 299 g/mol. The van der Waals surface area contributed by atoms with Gasteiger partial charge in [0.15, 0.2) is 0 Å². The van der Waals surface area contributed by atoms with Crippen LogP contribution in [0.3, 0.4) is 0 Å². The Kier molecular flexibility index (Phi) is 4.18. The Balaban J connectivity index is 2.52. The average Bonchev–Trinajstić information content (AvgIpc) is 2.40. The van der Waals surface area contributed by atoms with Crippen molar-refractivity contribution in [2.45, 2.75) is 13.1 Å². The predicted octanol–water partition coefficient (Wildman–Crippen LogP) is 4.44. The number of para-hydroxylation sites is 2. The highest BCUT2D eigenvalue weighted by Crippen LogP contribution is 2.39. The third-order valence-electron chi connectivity index (χ3n) is 2.88. The van der Waals surface area contributed by atoms with Gasteiger partial charge in [0, 0.05) is 0 Å². The number of aryl methyl sites for hydroxylation is 1. The SMILES string of the molecule is Cc1cccc(C(N)=S)c1Oc1ccccc1C(F)(F)F. The zero-order valence-electron chi connectivity index (χ0n) is 11.1. The van der Waals surface area contributed by atoms with E-state index in [1.807, 2.05) is 0 Å². The first-order chi connectivity index (χ1) is 9.80.